The smallest absolute Gasteiger partial charge is 0.321 e. The lowest BCUT2D eigenvalue weighted by atomic mass is 10.1. The van der Waals surface area contributed by atoms with Gasteiger partial charge in [-0.25, -0.2) is 19.4 Å². The fraction of sp³-hybridized carbons (Fsp3) is 0.263. The van der Waals surface area contributed by atoms with E-state index in [2.05, 4.69) is 43.4 Å². The Labute approximate surface area is 152 Å². The number of aliphatic imine (C=N–C) groups is 2. The Hall–Kier alpha value is -3.22. The number of urea groups is 1. The van der Waals surface area contributed by atoms with Gasteiger partial charge in [-0.3, -0.25) is 5.32 Å². The summed E-state index contributed by atoms with van der Waals surface area (Å²) in [5, 5.41) is 7.63. The minimum atomic E-state index is -0.342. The first-order valence-corrected chi connectivity index (χ1v) is 8.61. The van der Waals surface area contributed by atoms with Crippen LogP contribution < -0.4 is 16.4 Å². The molecule has 1 aliphatic rings. The molecule has 7 heteroatoms. The number of rotatable bonds is 6. The topological polar surface area (TPSA) is 94.9 Å². The van der Waals surface area contributed by atoms with Gasteiger partial charge in [0.1, 0.15) is 6.54 Å². The van der Waals surface area contributed by atoms with E-state index in [1.54, 1.807) is 6.21 Å². The maximum absolute atomic E-state index is 11.8. The van der Waals surface area contributed by atoms with Crippen molar-refractivity contribution in [3.8, 4) is 0 Å². The summed E-state index contributed by atoms with van der Waals surface area (Å²) in [5.41, 5.74) is 6.89. The number of guanidine groups is 1. The van der Waals surface area contributed by atoms with Crippen LogP contribution in [0.4, 0.5) is 4.79 Å². The van der Waals surface area contributed by atoms with E-state index < -0.39 is 0 Å². The largest absolute Gasteiger partial charge is 0.370 e. The monoisotopic (exact) mass is 351 g/mol. The zero-order valence-corrected chi connectivity index (χ0v) is 14.6. The number of hydrogen-bond donors (Lipinski definition) is 3. The molecule has 0 saturated heterocycles. The molecule has 2 amide bonds. The second-order valence-corrected chi connectivity index (χ2v) is 6.01. The zero-order valence-electron chi connectivity index (χ0n) is 14.6. The van der Waals surface area contributed by atoms with Crippen LogP contribution in [-0.2, 0) is 6.54 Å². The lowest BCUT2D eigenvalue weighted by molar-refractivity contribution is -0.517. The van der Waals surface area contributed by atoms with Crippen molar-refractivity contribution in [2.45, 2.75) is 13.0 Å². The van der Waals surface area contributed by atoms with Crippen molar-refractivity contribution in [2.75, 3.05) is 19.8 Å². The van der Waals surface area contributed by atoms with Crippen LogP contribution in [0.15, 0.2) is 52.4 Å². The van der Waals surface area contributed by atoms with E-state index >= 15 is 0 Å². The van der Waals surface area contributed by atoms with Gasteiger partial charge in [-0.2, -0.15) is 0 Å². The summed E-state index contributed by atoms with van der Waals surface area (Å²) in [6.45, 7) is 2.52. The minimum absolute atomic E-state index is 0.108. The molecule has 1 heterocycles. The molecule has 2 aromatic rings. The molecule has 1 aliphatic heterocycles. The van der Waals surface area contributed by atoms with Gasteiger partial charge in [-0.1, -0.05) is 42.5 Å². The molecule has 0 saturated carbocycles. The molecular formula is C19H23N6O+. The van der Waals surface area contributed by atoms with Crippen LogP contribution in [0.25, 0.3) is 10.8 Å². The first-order valence-electron chi connectivity index (χ1n) is 8.61. The third kappa shape index (κ3) is 4.89. The second-order valence-electron chi connectivity index (χ2n) is 6.01. The van der Waals surface area contributed by atoms with Crippen molar-refractivity contribution in [1.29, 1.82) is 0 Å². The SMILES string of the molecule is NC(=NCc1cccc2ccccc12)NC(=O)NCCC[N+]1=CC=NC1. The second kappa shape index (κ2) is 8.75. The molecule has 0 aromatic heterocycles. The van der Waals surface area contributed by atoms with E-state index in [1.165, 1.54) is 0 Å². The maximum atomic E-state index is 11.8. The number of hydrogen-bond acceptors (Lipinski definition) is 3. The number of carbonyl (C=O) groups is 1. The van der Waals surface area contributed by atoms with Gasteiger partial charge in [0.15, 0.2) is 12.2 Å². The zero-order chi connectivity index (χ0) is 18.2. The standard InChI is InChI=1S/C19H22N6O/c20-18(24-19(26)22-9-4-11-25-12-10-21-14-25)23-13-16-7-3-6-15-5-1-2-8-17(15)16/h1-3,5-8,10,12H,4,9,11,13-14H2,(H3-,20,22,23,24,26)/p+1. The average molecular weight is 351 g/mol. The van der Waals surface area contributed by atoms with Crippen LogP contribution in [0.2, 0.25) is 0 Å². The number of benzene rings is 2. The van der Waals surface area contributed by atoms with Gasteiger partial charge in [-0.05, 0) is 16.3 Å². The highest BCUT2D eigenvalue weighted by Gasteiger charge is 2.07. The van der Waals surface area contributed by atoms with Gasteiger partial charge in [-0.15, -0.1) is 0 Å². The van der Waals surface area contributed by atoms with Crippen LogP contribution in [0.3, 0.4) is 0 Å². The van der Waals surface area contributed by atoms with E-state index in [0.717, 1.165) is 29.3 Å². The van der Waals surface area contributed by atoms with Crippen LogP contribution in [0.5, 0.6) is 0 Å². The van der Waals surface area contributed by atoms with E-state index in [-0.39, 0.29) is 12.0 Å². The van der Waals surface area contributed by atoms with E-state index in [1.807, 2.05) is 30.5 Å². The summed E-state index contributed by atoms with van der Waals surface area (Å²) in [4.78, 5) is 20.2. The Kier molecular flexibility index (Phi) is 5.92. The van der Waals surface area contributed by atoms with E-state index in [4.69, 9.17) is 5.73 Å². The van der Waals surface area contributed by atoms with Crippen LogP contribution in [0.1, 0.15) is 12.0 Å². The predicted octanol–water partition coefficient (Wildman–Crippen LogP) is 1.47. The first-order chi connectivity index (χ1) is 12.7. The fourth-order valence-electron chi connectivity index (χ4n) is 2.77. The molecular weight excluding hydrogens is 328 g/mol. The summed E-state index contributed by atoms with van der Waals surface area (Å²) in [7, 11) is 0. The van der Waals surface area contributed by atoms with Crippen molar-refractivity contribution in [1.82, 2.24) is 10.6 Å². The highest BCUT2D eigenvalue weighted by molar-refractivity contribution is 6.14. The Morgan fingerprint density at radius 2 is 2.08 bits per heavy atom. The Bertz CT molecular complexity index is 866. The molecule has 0 atom stereocenters. The maximum Gasteiger partial charge on any atom is 0.321 e. The highest BCUT2D eigenvalue weighted by atomic mass is 16.2. The number of nitrogens with two attached hydrogens (primary N) is 1. The highest BCUT2D eigenvalue weighted by Crippen LogP contribution is 2.18. The van der Waals surface area contributed by atoms with Gasteiger partial charge >= 0.3 is 6.03 Å². The van der Waals surface area contributed by atoms with Crippen molar-refractivity contribution in [2.24, 2.45) is 15.7 Å². The molecule has 0 spiro atoms. The summed E-state index contributed by atoms with van der Waals surface area (Å²) in [5.74, 6) is 0.108. The van der Waals surface area contributed by atoms with Gasteiger partial charge in [0.25, 0.3) is 0 Å². The number of fused-ring (bicyclic) bond motifs is 1. The van der Waals surface area contributed by atoms with Crippen LogP contribution in [-0.4, -0.2) is 48.8 Å². The Morgan fingerprint density at radius 3 is 2.92 bits per heavy atom. The molecule has 134 valence electrons. The van der Waals surface area contributed by atoms with Crippen molar-refractivity contribution >= 4 is 35.2 Å². The lowest BCUT2D eigenvalue weighted by Gasteiger charge is -2.07. The summed E-state index contributed by atoms with van der Waals surface area (Å²) in [6, 6.07) is 13.8. The predicted molar refractivity (Wildman–Crippen MR) is 105 cm³/mol. The molecule has 0 bridgehead atoms. The summed E-state index contributed by atoms with van der Waals surface area (Å²) in [6.07, 6.45) is 4.56. The van der Waals surface area contributed by atoms with E-state index in [0.29, 0.717) is 19.8 Å². The third-order valence-electron chi connectivity index (χ3n) is 4.10. The van der Waals surface area contributed by atoms with Crippen LogP contribution in [0, 0.1) is 0 Å². The Balaban J connectivity index is 1.44. The number of nitrogens with zero attached hydrogens (tertiary/aromatic N) is 3. The molecule has 0 radical (unpaired) electrons. The number of amides is 2. The third-order valence-corrected chi connectivity index (χ3v) is 4.10. The van der Waals surface area contributed by atoms with Gasteiger partial charge in [0, 0.05) is 13.0 Å². The summed E-state index contributed by atoms with van der Waals surface area (Å²) >= 11 is 0. The number of carbonyl (C=O) groups excluding carboxylic acids is 1. The number of nitrogens with one attached hydrogen (secondary N) is 2. The Morgan fingerprint density at radius 1 is 1.23 bits per heavy atom. The molecule has 2 aromatic carbocycles. The van der Waals surface area contributed by atoms with Gasteiger partial charge in [0.2, 0.25) is 6.67 Å². The molecule has 0 fully saturated rings. The summed E-state index contributed by atoms with van der Waals surface area (Å²) < 4.78 is 2.08. The van der Waals surface area contributed by atoms with Crippen LogP contribution >= 0.6 is 0 Å². The fourth-order valence-corrected chi connectivity index (χ4v) is 2.77. The van der Waals surface area contributed by atoms with Gasteiger partial charge in [0.05, 0.1) is 12.8 Å². The normalized spacial score (nSPS) is 13.7. The molecule has 4 N–H and O–H groups in total. The molecule has 0 unspecified atom stereocenters. The quantitative estimate of drug-likeness (QED) is 0.318. The molecule has 26 heavy (non-hydrogen) atoms. The van der Waals surface area contributed by atoms with Crippen molar-refractivity contribution in [3.05, 3.63) is 48.0 Å². The molecule has 3 rings (SSSR count). The van der Waals surface area contributed by atoms with Crippen molar-refractivity contribution in [3.63, 3.8) is 0 Å². The van der Waals surface area contributed by atoms with Crippen molar-refractivity contribution < 1.29 is 9.37 Å². The average Bonchev–Trinajstić information content (AvgIpc) is 3.17. The first kappa shape index (κ1) is 17.6. The van der Waals surface area contributed by atoms with Gasteiger partial charge < -0.3 is 11.1 Å². The molecule has 0 aliphatic carbocycles. The van der Waals surface area contributed by atoms with E-state index in [9.17, 15) is 4.79 Å². The lowest BCUT2D eigenvalue weighted by Crippen LogP contribution is -2.43. The minimum Gasteiger partial charge on any atom is -0.370 e. The molecule has 7 nitrogen and oxygen atoms in total.